The molecule has 0 aromatic rings. The van der Waals surface area contributed by atoms with E-state index in [1.165, 1.54) is 5.71 Å². The normalized spacial score (nSPS) is 7.36. The summed E-state index contributed by atoms with van der Waals surface area (Å²) in [5, 5.41) is 4.13. The van der Waals surface area contributed by atoms with E-state index in [1.807, 2.05) is 34.7 Å². The minimum Gasteiger partial charge on any atom is -0.313 e. The Morgan fingerprint density at radius 3 is 1.57 bits per heavy atom. The van der Waals surface area contributed by atoms with Crippen LogP contribution in [0.1, 0.15) is 27.7 Å². The molecular weight excluding hydrogens is 212 g/mol. The summed E-state index contributed by atoms with van der Waals surface area (Å²) in [6, 6.07) is 0. The van der Waals surface area contributed by atoms with Crippen LogP contribution in [-0.2, 0) is 0 Å². The van der Waals surface area contributed by atoms with Gasteiger partial charge in [-0.25, -0.2) is 0 Å². The third kappa shape index (κ3) is 18.1. The lowest BCUT2D eigenvalue weighted by Gasteiger charge is -2.00. The summed E-state index contributed by atoms with van der Waals surface area (Å²) in [7, 11) is 1.83. The highest BCUT2D eigenvalue weighted by atomic mass is 32.2. The number of nitrogens with zero attached hydrogens (tertiary/aromatic N) is 1. The van der Waals surface area contributed by atoms with Crippen molar-refractivity contribution in [2.45, 2.75) is 27.7 Å². The molecule has 0 saturated heterocycles. The second-order valence-electron chi connectivity index (χ2n) is 1.77. The molecule has 0 aliphatic heterocycles. The van der Waals surface area contributed by atoms with Gasteiger partial charge in [0, 0.05) is 18.6 Å². The van der Waals surface area contributed by atoms with Gasteiger partial charge in [0.25, 0.3) is 0 Å². The third-order valence-corrected chi connectivity index (χ3v) is 2.14. The molecule has 0 aromatic carbocycles. The van der Waals surface area contributed by atoms with E-state index in [0.29, 0.717) is 0 Å². The second kappa shape index (κ2) is 23.2. The lowest BCUT2D eigenvalue weighted by molar-refractivity contribution is 0.899. The highest BCUT2D eigenvalue weighted by molar-refractivity contribution is 8.00. The summed E-state index contributed by atoms with van der Waals surface area (Å²) in [6.07, 6.45) is 4.18. The van der Waals surface area contributed by atoms with Crippen LogP contribution in [0.25, 0.3) is 0 Å². The van der Waals surface area contributed by atoms with Gasteiger partial charge in [-0.15, -0.1) is 0 Å². The molecule has 0 aliphatic rings. The Hall–Kier alpha value is 0.170. The molecule has 14 heavy (non-hydrogen) atoms. The summed E-state index contributed by atoms with van der Waals surface area (Å²) >= 11 is 3.61. The Balaban J connectivity index is -0.000000266. The molecule has 1 N–H and O–H groups in total. The van der Waals surface area contributed by atoms with Crippen molar-refractivity contribution < 1.29 is 0 Å². The highest BCUT2D eigenvalue weighted by Crippen LogP contribution is 1.99. The van der Waals surface area contributed by atoms with E-state index < -0.39 is 0 Å². The van der Waals surface area contributed by atoms with Crippen LogP contribution in [0.15, 0.2) is 5.10 Å². The van der Waals surface area contributed by atoms with Gasteiger partial charge in [0.15, 0.2) is 0 Å². The molecule has 0 spiro atoms. The fourth-order valence-corrected chi connectivity index (χ4v) is 1.73. The lowest BCUT2D eigenvalue weighted by atomic mass is 10.5. The first kappa shape index (κ1) is 19.7. The first-order chi connectivity index (χ1) is 6.85. The molecule has 0 aromatic heterocycles. The predicted octanol–water partition coefficient (Wildman–Crippen LogP) is 3.34. The van der Waals surface area contributed by atoms with E-state index in [1.54, 1.807) is 23.5 Å². The summed E-state index contributed by atoms with van der Waals surface area (Å²) in [6.45, 7) is 8.00. The van der Waals surface area contributed by atoms with E-state index >= 15 is 0 Å². The molecule has 2 nitrogen and oxygen atoms in total. The first-order valence-electron chi connectivity index (χ1n) is 5.05. The molecule has 4 heteroatoms. The summed E-state index contributed by atoms with van der Waals surface area (Å²) in [4.78, 5) is 0. The number of rotatable bonds is 5. The Morgan fingerprint density at radius 1 is 1.00 bits per heavy atom. The van der Waals surface area contributed by atoms with Gasteiger partial charge >= 0.3 is 0 Å². The van der Waals surface area contributed by atoms with E-state index in [9.17, 15) is 0 Å². The van der Waals surface area contributed by atoms with Crippen molar-refractivity contribution in [3.63, 3.8) is 0 Å². The maximum atomic E-state index is 4.13. The van der Waals surface area contributed by atoms with Gasteiger partial charge < -0.3 is 5.43 Å². The fourth-order valence-electron chi connectivity index (χ4n) is 0.598. The van der Waals surface area contributed by atoms with Crippen LogP contribution in [0.5, 0.6) is 0 Å². The number of hydrazone groups is 1. The molecule has 0 atom stereocenters. The Kier molecular flexibility index (Phi) is 32.6. The quantitative estimate of drug-likeness (QED) is 0.587. The minimum atomic E-state index is 1.03. The number of nitrogens with one attached hydrogen (secondary N) is 1. The molecule has 88 valence electrons. The highest BCUT2D eigenvalue weighted by Gasteiger charge is 1.95. The van der Waals surface area contributed by atoms with Gasteiger partial charge in [0.2, 0.25) is 0 Å². The number of hydrogen-bond donors (Lipinski definition) is 1. The van der Waals surface area contributed by atoms with Crippen LogP contribution < -0.4 is 5.43 Å². The standard InChI is InChI=1S/C6H14N2S2.2C2H6/c1-7-8-6(4-9-2)5-10-3;2*1-2/h7H,4-5H2,1-3H3;2*1-2H3. The van der Waals surface area contributed by atoms with Gasteiger partial charge in [-0.05, 0) is 12.5 Å². The van der Waals surface area contributed by atoms with Crippen LogP contribution in [0.4, 0.5) is 0 Å². The minimum absolute atomic E-state index is 1.03. The van der Waals surface area contributed by atoms with Gasteiger partial charge in [-0.3, -0.25) is 0 Å². The van der Waals surface area contributed by atoms with E-state index in [-0.39, 0.29) is 0 Å². The predicted molar refractivity (Wildman–Crippen MR) is 76.0 cm³/mol. The molecule has 0 radical (unpaired) electrons. The zero-order valence-corrected chi connectivity index (χ0v) is 12.3. The maximum Gasteiger partial charge on any atom is 0.0575 e. The molecule has 0 aliphatic carbocycles. The van der Waals surface area contributed by atoms with Crippen LogP contribution in [-0.4, -0.2) is 36.8 Å². The molecule has 0 rings (SSSR count). The van der Waals surface area contributed by atoms with E-state index in [0.717, 1.165) is 11.5 Å². The van der Waals surface area contributed by atoms with Crippen LogP contribution in [0.2, 0.25) is 0 Å². The SMILES string of the molecule is CC.CC.CNN=C(CSC)CSC. The van der Waals surface area contributed by atoms with Crippen molar-refractivity contribution in [2.75, 3.05) is 31.1 Å². The topological polar surface area (TPSA) is 24.4 Å². The molecule has 0 amide bonds. The second-order valence-corrected chi connectivity index (χ2v) is 3.50. The molecule has 0 heterocycles. The zero-order valence-electron chi connectivity index (χ0n) is 10.7. The van der Waals surface area contributed by atoms with Crippen molar-refractivity contribution in [1.82, 2.24) is 5.43 Å². The van der Waals surface area contributed by atoms with Gasteiger partial charge in [-0.2, -0.15) is 28.6 Å². The van der Waals surface area contributed by atoms with Crippen LogP contribution in [0, 0.1) is 0 Å². The van der Waals surface area contributed by atoms with Crippen molar-refractivity contribution in [2.24, 2.45) is 5.10 Å². The first-order valence-corrected chi connectivity index (χ1v) is 7.84. The molecule has 0 fully saturated rings. The lowest BCUT2D eigenvalue weighted by Crippen LogP contribution is -2.10. The van der Waals surface area contributed by atoms with Crippen molar-refractivity contribution >= 4 is 29.2 Å². The summed E-state index contributed by atoms with van der Waals surface area (Å²) in [5.74, 6) is 2.06. The van der Waals surface area contributed by atoms with Gasteiger partial charge in [0.1, 0.15) is 0 Å². The summed E-state index contributed by atoms with van der Waals surface area (Å²) < 4.78 is 0. The van der Waals surface area contributed by atoms with Crippen LogP contribution >= 0.6 is 23.5 Å². The summed E-state index contributed by atoms with van der Waals surface area (Å²) in [5.41, 5.74) is 4.02. The van der Waals surface area contributed by atoms with Crippen LogP contribution in [0.3, 0.4) is 0 Å². The average Bonchev–Trinajstić information content (AvgIpc) is 2.25. The van der Waals surface area contributed by atoms with Crippen molar-refractivity contribution in [3.05, 3.63) is 0 Å². The molecule has 0 saturated carbocycles. The van der Waals surface area contributed by atoms with Gasteiger partial charge in [0.05, 0.1) is 5.71 Å². The zero-order chi connectivity index (χ0) is 11.8. The average molecular weight is 238 g/mol. The number of thioether (sulfide) groups is 2. The smallest absolute Gasteiger partial charge is 0.0575 e. The number of hydrogen-bond acceptors (Lipinski definition) is 4. The fraction of sp³-hybridized carbons (Fsp3) is 0.900. The van der Waals surface area contributed by atoms with Gasteiger partial charge in [-0.1, -0.05) is 27.7 Å². The van der Waals surface area contributed by atoms with Crippen molar-refractivity contribution in [3.8, 4) is 0 Å². The van der Waals surface area contributed by atoms with E-state index in [4.69, 9.17) is 0 Å². The Bertz CT molecular complexity index is 98.3. The monoisotopic (exact) mass is 238 g/mol. The molecule has 0 unspecified atom stereocenters. The van der Waals surface area contributed by atoms with E-state index in [2.05, 4.69) is 23.0 Å². The van der Waals surface area contributed by atoms with Crippen molar-refractivity contribution in [1.29, 1.82) is 0 Å². The Labute approximate surface area is 98.7 Å². The largest absolute Gasteiger partial charge is 0.313 e. The third-order valence-electron chi connectivity index (χ3n) is 0.892. The molecular formula is C10H26N2S2. The molecule has 0 bridgehead atoms. The Morgan fingerprint density at radius 2 is 1.36 bits per heavy atom. The maximum absolute atomic E-state index is 4.13.